The van der Waals surface area contributed by atoms with Crippen LogP contribution in [0.4, 0.5) is 5.82 Å². The zero-order valence-corrected chi connectivity index (χ0v) is 18.9. The summed E-state index contributed by atoms with van der Waals surface area (Å²) in [6.07, 6.45) is 0. The van der Waals surface area contributed by atoms with Crippen LogP contribution < -0.4 is 21.3 Å². The van der Waals surface area contributed by atoms with Crippen molar-refractivity contribution in [3.8, 4) is 5.75 Å². The average molecular weight is 447 g/mol. The third kappa shape index (κ3) is 3.95. The molecule has 0 spiro atoms. The van der Waals surface area contributed by atoms with Crippen molar-refractivity contribution < 1.29 is 14.3 Å². The predicted molar refractivity (Wildman–Crippen MR) is 124 cm³/mol. The molecular weight excluding hydrogens is 422 g/mol. The normalized spacial score (nSPS) is 15.0. The molecule has 0 unspecified atom stereocenters. The van der Waals surface area contributed by atoms with Crippen molar-refractivity contribution in [1.29, 1.82) is 0 Å². The molecule has 8 heteroatoms. The standard InChI is InChI=1S/C25H25N3O5/c1-15-19(24(30)32-4)20(21-22(26-15)27(2)25(31)28(3)23(21)29)17-11-8-12-18(13-17)33-14-16-9-6-5-7-10-16/h5-13,20,26H,14H2,1-4H3/t20-/m1/s1. The molecule has 33 heavy (non-hydrogen) atoms. The Morgan fingerprint density at radius 3 is 2.45 bits per heavy atom. The molecule has 0 aliphatic carbocycles. The summed E-state index contributed by atoms with van der Waals surface area (Å²) < 4.78 is 13.4. The number of allylic oxidation sites excluding steroid dienone is 1. The Labute approximate surface area is 190 Å². The number of carbonyl (C=O) groups excluding carboxylic acids is 1. The Morgan fingerprint density at radius 2 is 1.76 bits per heavy atom. The van der Waals surface area contributed by atoms with Gasteiger partial charge in [0.05, 0.1) is 24.2 Å². The van der Waals surface area contributed by atoms with Gasteiger partial charge in [-0.25, -0.2) is 9.59 Å². The Morgan fingerprint density at radius 1 is 1.03 bits per heavy atom. The van der Waals surface area contributed by atoms with Gasteiger partial charge >= 0.3 is 11.7 Å². The highest BCUT2D eigenvalue weighted by Crippen LogP contribution is 2.40. The van der Waals surface area contributed by atoms with Crippen molar-refractivity contribution in [2.24, 2.45) is 14.1 Å². The van der Waals surface area contributed by atoms with Gasteiger partial charge < -0.3 is 14.8 Å². The zero-order valence-electron chi connectivity index (χ0n) is 18.9. The van der Waals surface area contributed by atoms with Gasteiger partial charge in [0.25, 0.3) is 5.56 Å². The predicted octanol–water partition coefficient (Wildman–Crippen LogP) is 2.67. The fourth-order valence-corrected chi connectivity index (χ4v) is 4.13. The van der Waals surface area contributed by atoms with Crippen molar-refractivity contribution in [2.75, 3.05) is 12.4 Å². The highest BCUT2D eigenvalue weighted by Gasteiger charge is 2.37. The van der Waals surface area contributed by atoms with Crippen LogP contribution in [0.1, 0.15) is 29.5 Å². The van der Waals surface area contributed by atoms with Crippen LogP contribution >= 0.6 is 0 Å². The number of methoxy groups -OCH3 is 1. The van der Waals surface area contributed by atoms with E-state index in [9.17, 15) is 14.4 Å². The first-order valence-corrected chi connectivity index (χ1v) is 10.5. The number of nitrogens with one attached hydrogen (secondary N) is 1. The smallest absolute Gasteiger partial charge is 0.336 e. The fraction of sp³-hybridized carbons (Fsp3) is 0.240. The quantitative estimate of drug-likeness (QED) is 0.605. The van der Waals surface area contributed by atoms with Gasteiger partial charge in [-0.15, -0.1) is 0 Å². The molecule has 8 nitrogen and oxygen atoms in total. The van der Waals surface area contributed by atoms with Gasteiger partial charge in [0.15, 0.2) is 0 Å². The minimum atomic E-state index is -0.737. The molecule has 0 bridgehead atoms. The Balaban J connectivity index is 1.85. The number of fused-ring (bicyclic) bond motifs is 1. The van der Waals surface area contributed by atoms with E-state index in [0.717, 1.165) is 10.1 Å². The number of anilines is 1. The number of rotatable bonds is 5. The van der Waals surface area contributed by atoms with E-state index in [1.807, 2.05) is 54.6 Å². The molecule has 0 saturated carbocycles. The lowest BCUT2D eigenvalue weighted by Crippen LogP contribution is -2.43. The van der Waals surface area contributed by atoms with Gasteiger partial charge in [0, 0.05) is 19.8 Å². The molecule has 1 aliphatic heterocycles. The molecule has 1 N–H and O–H groups in total. The maximum Gasteiger partial charge on any atom is 0.336 e. The summed E-state index contributed by atoms with van der Waals surface area (Å²) in [5.41, 5.74) is 1.88. The van der Waals surface area contributed by atoms with Crippen molar-refractivity contribution in [2.45, 2.75) is 19.4 Å². The van der Waals surface area contributed by atoms with E-state index >= 15 is 0 Å². The first kappa shape index (κ1) is 22.1. The molecule has 4 rings (SSSR count). The molecule has 3 aromatic rings. The molecule has 0 fully saturated rings. The molecule has 0 saturated heterocycles. The number of hydrogen-bond donors (Lipinski definition) is 1. The molecule has 1 atom stereocenters. The van der Waals surface area contributed by atoms with Gasteiger partial charge in [-0.05, 0) is 30.2 Å². The summed E-state index contributed by atoms with van der Waals surface area (Å²) in [6.45, 7) is 2.10. The van der Waals surface area contributed by atoms with Crippen LogP contribution in [-0.4, -0.2) is 22.2 Å². The fourth-order valence-electron chi connectivity index (χ4n) is 4.13. The molecular formula is C25H25N3O5. The van der Waals surface area contributed by atoms with Gasteiger partial charge in [-0.2, -0.15) is 0 Å². The number of hydrogen-bond acceptors (Lipinski definition) is 6. The van der Waals surface area contributed by atoms with E-state index < -0.39 is 23.1 Å². The van der Waals surface area contributed by atoms with Crippen LogP contribution in [0.2, 0.25) is 0 Å². The number of esters is 1. The Kier molecular flexibility index (Phi) is 5.91. The molecule has 2 aromatic carbocycles. The lowest BCUT2D eigenvalue weighted by atomic mass is 9.82. The van der Waals surface area contributed by atoms with Crippen molar-refractivity contribution in [3.63, 3.8) is 0 Å². The van der Waals surface area contributed by atoms with Crippen molar-refractivity contribution >= 4 is 11.8 Å². The largest absolute Gasteiger partial charge is 0.489 e. The average Bonchev–Trinajstić information content (AvgIpc) is 2.84. The van der Waals surface area contributed by atoms with E-state index in [0.29, 0.717) is 40.6 Å². The first-order chi connectivity index (χ1) is 15.8. The highest BCUT2D eigenvalue weighted by atomic mass is 16.5. The second-order valence-electron chi connectivity index (χ2n) is 7.90. The molecule has 1 aliphatic rings. The third-order valence-electron chi connectivity index (χ3n) is 5.83. The number of ether oxygens (including phenoxy) is 2. The van der Waals surface area contributed by atoms with Crippen LogP contribution in [0.3, 0.4) is 0 Å². The Hall–Kier alpha value is -4.07. The molecule has 170 valence electrons. The summed E-state index contributed by atoms with van der Waals surface area (Å²) in [7, 11) is 4.30. The lowest BCUT2D eigenvalue weighted by molar-refractivity contribution is -0.136. The van der Waals surface area contributed by atoms with E-state index in [1.54, 1.807) is 14.0 Å². The second-order valence-corrected chi connectivity index (χ2v) is 7.90. The van der Waals surface area contributed by atoms with Gasteiger partial charge in [-0.1, -0.05) is 42.5 Å². The van der Waals surface area contributed by atoms with Crippen molar-refractivity contribution in [3.05, 3.63) is 103 Å². The van der Waals surface area contributed by atoms with Crippen LogP contribution in [0.25, 0.3) is 0 Å². The molecule has 2 heterocycles. The van der Waals surface area contributed by atoms with E-state index in [2.05, 4.69) is 5.32 Å². The van der Waals surface area contributed by atoms with E-state index in [1.165, 1.54) is 18.7 Å². The molecule has 0 amide bonds. The van der Waals surface area contributed by atoms with E-state index in [4.69, 9.17) is 9.47 Å². The highest BCUT2D eigenvalue weighted by molar-refractivity contribution is 5.94. The summed E-state index contributed by atoms with van der Waals surface area (Å²) in [4.78, 5) is 38.5. The minimum Gasteiger partial charge on any atom is -0.489 e. The first-order valence-electron chi connectivity index (χ1n) is 10.5. The second kappa shape index (κ2) is 8.82. The van der Waals surface area contributed by atoms with Gasteiger partial charge in [-0.3, -0.25) is 13.9 Å². The maximum atomic E-state index is 13.2. The lowest BCUT2D eigenvalue weighted by Gasteiger charge is -2.30. The number of carbonyl (C=O) groups is 1. The molecule has 1 aromatic heterocycles. The number of benzene rings is 2. The third-order valence-corrected chi connectivity index (χ3v) is 5.83. The Bertz CT molecular complexity index is 1370. The SMILES string of the molecule is COC(=O)C1=C(C)Nc2c(c(=O)n(C)c(=O)n2C)[C@@H]1c1cccc(OCc2ccccc2)c1. The van der Waals surface area contributed by atoms with Gasteiger partial charge in [0.1, 0.15) is 18.2 Å². The number of nitrogens with zero attached hydrogens (tertiary/aromatic N) is 2. The monoisotopic (exact) mass is 447 g/mol. The van der Waals surface area contributed by atoms with Crippen molar-refractivity contribution in [1.82, 2.24) is 9.13 Å². The summed E-state index contributed by atoms with van der Waals surface area (Å²) >= 11 is 0. The zero-order chi connectivity index (χ0) is 23.7. The summed E-state index contributed by atoms with van der Waals surface area (Å²) in [5, 5.41) is 3.06. The minimum absolute atomic E-state index is 0.297. The molecule has 0 radical (unpaired) electrons. The summed E-state index contributed by atoms with van der Waals surface area (Å²) in [6, 6.07) is 17.0. The number of aromatic nitrogens is 2. The van der Waals surface area contributed by atoms with Crippen LogP contribution in [0.5, 0.6) is 5.75 Å². The topological polar surface area (TPSA) is 91.6 Å². The van der Waals surface area contributed by atoms with E-state index in [-0.39, 0.29) is 0 Å². The van der Waals surface area contributed by atoms with Crippen LogP contribution in [0, 0.1) is 0 Å². The summed E-state index contributed by atoms with van der Waals surface area (Å²) in [5.74, 6) is -0.338. The van der Waals surface area contributed by atoms with Crippen LogP contribution in [-0.2, 0) is 30.2 Å². The van der Waals surface area contributed by atoms with Gasteiger partial charge in [0.2, 0.25) is 0 Å². The maximum absolute atomic E-state index is 13.2. The van der Waals surface area contributed by atoms with Crippen LogP contribution in [0.15, 0.2) is 75.5 Å².